The van der Waals surface area contributed by atoms with Crippen molar-refractivity contribution in [3.8, 4) is 0 Å². The molecule has 0 aromatic carbocycles. The van der Waals surface area contributed by atoms with Crippen LogP contribution >= 0.6 is 27.7 Å². The molecule has 6 nitrogen and oxygen atoms in total. The molecule has 31 heavy (non-hydrogen) atoms. The largest absolute Gasteiger partial charge is 0.461 e. The van der Waals surface area contributed by atoms with Crippen LogP contribution in [-0.2, 0) is 18.8 Å². The second-order valence-corrected chi connectivity index (χ2v) is 16.6. The maximum atomic E-state index is 13.2. The number of nitrogens with zero attached hydrogens (tertiary/aromatic N) is 1. The summed E-state index contributed by atoms with van der Waals surface area (Å²) in [6.45, 7) is 17.8. The number of fused-ring (bicyclic) bond motifs is 1. The molecule has 1 amide bonds. The quantitative estimate of drug-likeness (QED) is 0.188. The average molecular weight is 534 g/mol. The van der Waals surface area contributed by atoms with Crippen LogP contribution in [0.2, 0.25) is 18.1 Å². The first-order valence-electron chi connectivity index (χ1n) is 10.8. The third kappa shape index (κ3) is 5.97. The zero-order chi connectivity index (χ0) is 23.6. The average Bonchev–Trinajstić information content (AvgIpc) is 2.96. The molecular formula is C22H37BrN2O4SSi. The molecule has 9 heteroatoms. The van der Waals surface area contributed by atoms with Crippen LogP contribution in [0.25, 0.3) is 0 Å². The zero-order valence-corrected chi connectivity index (χ0v) is 23.4. The molecular weight excluding hydrogens is 496 g/mol. The molecule has 0 aromatic rings. The number of ether oxygens (including phenoxy) is 1. The number of nitrogens with one attached hydrogen (secondary N) is 1. The van der Waals surface area contributed by atoms with Crippen molar-refractivity contribution in [2.45, 2.75) is 71.2 Å². The number of hydrogen-bond acceptors (Lipinski definition) is 6. The Morgan fingerprint density at radius 2 is 1.97 bits per heavy atom. The zero-order valence-electron chi connectivity index (χ0n) is 20.0. The highest BCUT2D eigenvalue weighted by Crippen LogP contribution is 2.51. The van der Waals surface area contributed by atoms with Crippen molar-refractivity contribution in [3.05, 3.63) is 22.9 Å². The predicted molar refractivity (Wildman–Crippen MR) is 133 cm³/mol. The molecule has 1 N–H and O–H groups in total. The number of hydrogen-bond donors (Lipinski definition) is 1. The van der Waals surface area contributed by atoms with Crippen molar-refractivity contribution in [1.29, 1.82) is 0 Å². The fourth-order valence-corrected chi connectivity index (χ4v) is 6.43. The summed E-state index contributed by atoms with van der Waals surface area (Å²) in [5, 5.41) is 3.89. The maximum Gasteiger partial charge on any atom is 0.355 e. The van der Waals surface area contributed by atoms with Crippen molar-refractivity contribution >= 4 is 47.9 Å². The molecule has 2 heterocycles. The molecule has 1 unspecified atom stereocenters. The van der Waals surface area contributed by atoms with E-state index in [1.54, 1.807) is 16.7 Å². The van der Waals surface area contributed by atoms with Gasteiger partial charge in [0, 0.05) is 16.8 Å². The predicted octanol–water partition coefficient (Wildman–Crippen LogP) is 4.84. The van der Waals surface area contributed by atoms with E-state index in [2.05, 4.69) is 55.1 Å². The SMILES string of the molecule is CC(C)COC(=O)C1=C(CN/C=C/CBr)SC2[C@@H]([C@@H](C)O[Si](C)(C)C(C)(C)C)C(=O)N12. The number of rotatable bonds is 10. The summed E-state index contributed by atoms with van der Waals surface area (Å²) in [5.41, 5.74) is 0.385. The number of β-lactam (4-membered cyclic amide) rings is 1. The summed E-state index contributed by atoms with van der Waals surface area (Å²) < 4.78 is 12.0. The summed E-state index contributed by atoms with van der Waals surface area (Å²) in [6, 6.07) is 0. The van der Waals surface area contributed by atoms with Gasteiger partial charge in [0.1, 0.15) is 11.1 Å². The van der Waals surface area contributed by atoms with E-state index in [0.29, 0.717) is 18.8 Å². The van der Waals surface area contributed by atoms with Gasteiger partial charge in [0.05, 0.1) is 18.6 Å². The molecule has 0 bridgehead atoms. The number of allylic oxidation sites excluding steroid dienone is 1. The summed E-state index contributed by atoms with van der Waals surface area (Å²) in [4.78, 5) is 28.5. The van der Waals surface area contributed by atoms with Gasteiger partial charge in [-0.2, -0.15) is 0 Å². The Bertz CT molecular complexity index is 748. The van der Waals surface area contributed by atoms with Gasteiger partial charge >= 0.3 is 5.97 Å². The molecule has 0 aliphatic carbocycles. The lowest BCUT2D eigenvalue weighted by Gasteiger charge is -2.48. The van der Waals surface area contributed by atoms with Gasteiger partial charge in [-0.1, -0.05) is 68.4 Å². The van der Waals surface area contributed by atoms with E-state index in [1.165, 1.54) is 0 Å². The number of thioether (sulfide) groups is 1. The molecule has 0 spiro atoms. The number of amides is 1. The molecule has 2 aliphatic heterocycles. The van der Waals surface area contributed by atoms with Crippen LogP contribution in [0, 0.1) is 11.8 Å². The van der Waals surface area contributed by atoms with Crippen LogP contribution in [-0.4, -0.2) is 55.1 Å². The first kappa shape index (κ1) is 26.5. The van der Waals surface area contributed by atoms with Gasteiger partial charge in [0.15, 0.2) is 8.32 Å². The number of carbonyl (C=O) groups is 2. The summed E-state index contributed by atoms with van der Waals surface area (Å²) >= 11 is 4.92. The molecule has 3 atom stereocenters. The summed E-state index contributed by atoms with van der Waals surface area (Å²) in [7, 11) is -2.01. The Labute approximate surface area is 200 Å². The van der Waals surface area contributed by atoms with Crippen LogP contribution in [0.4, 0.5) is 0 Å². The lowest BCUT2D eigenvalue weighted by Crippen LogP contribution is -2.62. The maximum absolute atomic E-state index is 13.2. The van der Waals surface area contributed by atoms with Crippen molar-refractivity contribution in [2.24, 2.45) is 11.8 Å². The van der Waals surface area contributed by atoms with Gasteiger partial charge in [0.25, 0.3) is 0 Å². The van der Waals surface area contributed by atoms with Gasteiger partial charge in [-0.05, 0) is 37.2 Å². The van der Waals surface area contributed by atoms with Gasteiger partial charge in [0.2, 0.25) is 5.91 Å². The monoisotopic (exact) mass is 532 g/mol. The van der Waals surface area contributed by atoms with Crippen molar-refractivity contribution in [3.63, 3.8) is 0 Å². The molecule has 0 saturated carbocycles. The van der Waals surface area contributed by atoms with Crippen molar-refractivity contribution in [2.75, 3.05) is 18.5 Å². The first-order chi connectivity index (χ1) is 14.3. The Balaban J connectivity index is 2.18. The van der Waals surface area contributed by atoms with Crippen molar-refractivity contribution < 1.29 is 18.8 Å². The number of alkyl halides is 1. The van der Waals surface area contributed by atoms with Crippen LogP contribution in [0.3, 0.4) is 0 Å². The van der Waals surface area contributed by atoms with E-state index < -0.39 is 14.3 Å². The van der Waals surface area contributed by atoms with E-state index >= 15 is 0 Å². The summed E-state index contributed by atoms with van der Waals surface area (Å²) in [5.74, 6) is -0.501. The lowest BCUT2D eigenvalue weighted by molar-refractivity contribution is -0.158. The van der Waals surface area contributed by atoms with E-state index in [1.807, 2.05) is 33.0 Å². The third-order valence-electron chi connectivity index (χ3n) is 5.97. The molecule has 1 saturated heterocycles. The smallest absolute Gasteiger partial charge is 0.355 e. The molecule has 0 radical (unpaired) electrons. The fourth-order valence-electron chi connectivity index (χ4n) is 3.26. The Kier molecular flexibility index (Phi) is 8.92. The second-order valence-electron chi connectivity index (χ2n) is 10.0. The van der Waals surface area contributed by atoms with Crippen LogP contribution in [0.1, 0.15) is 41.5 Å². The molecule has 1 fully saturated rings. The van der Waals surface area contributed by atoms with Gasteiger partial charge in [-0.25, -0.2) is 4.79 Å². The molecule has 176 valence electrons. The van der Waals surface area contributed by atoms with E-state index in [4.69, 9.17) is 9.16 Å². The van der Waals surface area contributed by atoms with E-state index in [0.717, 1.165) is 10.2 Å². The van der Waals surface area contributed by atoms with Gasteiger partial charge < -0.3 is 14.5 Å². The minimum Gasteiger partial charge on any atom is -0.461 e. The number of esters is 1. The number of halogens is 1. The minimum atomic E-state index is -2.01. The van der Waals surface area contributed by atoms with Crippen LogP contribution in [0.5, 0.6) is 0 Å². The third-order valence-corrected chi connectivity index (χ3v) is 12.3. The van der Waals surface area contributed by atoms with Gasteiger partial charge in [-0.15, -0.1) is 0 Å². The molecule has 2 rings (SSSR count). The van der Waals surface area contributed by atoms with Crippen LogP contribution < -0.4 is 5.32 Å². The van der Waals surface area contributed by atoms with Crippen LogP contribution in [0.15, 0.2) is 22.9 Å². The fraction of sp³-hybridized carbons (Fsp3) is 0.727. The molecule has 2 aliphatic rings. The topological polar surface area (TPSA) is 67.9 Å². The van der Waals surface area contributed by atoms with E-state index in [9.17, 15) is 9.59 Å². The standard InChI is InChI=1S/C22H37BrN2O4SSi/c1-14(2)13-28-21(27)18-16(12-24-11-9-10-23)30-20-17(19(26)25(18)20)15(3)29-31(7,8)22(4,5)6/h9,11,14-15,17,20,24H,10,12-13H2,1-8H3/b11-9+/t15-,17+,20?/m1/s1. The molecule has 0 aromatic heterocycles. The highest BCUT2D eigenvalue weighted by Gasteiger charge is 2.59. The minimum absolute atomic E-state index is 0.0498. The first-order valence-corrected chi connectivity index (χ1v) is 15.7. The normalized spacial score (nSPS) is 22.8. The van der Waals surface area contributed by atoms with Crippen molar-refractivity contribution in [1.82, 2.24) is 10.2 Å². The highest BCUT2D eigenvalue weighted by atomic mass is 79.9. The number of carbonyl (C=O) groups excluding carboxylic acids is 2. The second kappa shape index (κ2) is 10.4. The highest BCUT2D eigenvalue weighted by molar-refractivity contribution is 9.09. The lowest BCUT2D eigenvalue weighted by atomic mass is 9.92. The Hall–Kier alpha value is -0.773. The Morgan fingerprint density at radius 1 is 1.32 bits per heavy atom. The van der Waals surface area contributed by atoms with Gasteiger partial charge in [-0.3, -0.25) is 9.69 Å². The Morgan fingerprint density at radius 3 is 2.52 bits per heavy atom. The summed E-state index contributed by atoms with van der Waals surface area (Å²) in [6.07, 6.45) is 3.59. The van der Waals surface area contributed by atoms with E-state index in [-0.39, 0.29) is 34.3 Å².